The molecule has 0 bridgehead atoms. The van der Waals surface area contributed by atoms with Crippen molar-refractivity contribution in [1.82, 2.24) is 5.32 Å². The van der Waals surface area contributed by atoms with Crippen LogP contribution in [-0.4, -0.2) is 51.3 Å². The van der Waals surface area contributed by atoms with Gasteiger partial charge in [0.25, 0.3) is 0 Å². The van der Waals surface area contributed by atoms with E-state index in [1.54, 1.807) is 18.2 Å². The Labute approximate surface area is 128 Å². The number of hydrogen-bond donors (Lipinski definition) is 2. The van der Waals surface area contributed by atoms with E-state index in [1.807, 2.05) is 0 Å². The van der Waals surface area contributed by atoms with E-state index >= 15 is 0 Å². The fraction of sp³-hybridized carbons (Fsp3) is 0.500. The zero-order valence-electron chi connectivity index (χ0n) is 11.0. The van der Waals surface area contributed by atoms with Gasteiger partial charge in [-0.05, 0) is 18.2 Å². The Morgan fingerprint density at radius 2 is 2.10 bits per heavy atom. The average Bonchev–Trinajstić information content (AvgIpc) is 2.32. The van der Waals surface area contributed by atoms with Gasteiger partial charge in [-0.15, -0.1) is 0 Å². The fourth-order valence-electron chi connectivity index (χ4n) is 1.36. The first-order valence-corrected chi connectivity index (χ1v) is 8.74. The molecule has 1 atom stereocenters. The number of benzene rings is 1. The van der Waals surface area contributed by atoms with E-state index in [4.69, 9.17) is 27.9 Å². The third kappa shape index (κ3) is 7.31. The highest BCUT2D eigenvalue weighted by Crippen LogP contribution is 2.27. The number of ether oxygens (including phenoxy) is 1. The molecule has 0 aliphatic rings. The molecule has 8 heteroatoms. The predicted molar refractivity (Wildman–Crippen MR) is 80.5 cm³/mol. The standard InChI is InChI=1S/C12H17Cl2NO4S/c1-20(17,18)5-4-15-7-10(16)8-19-12-3-2-9(13)6-11(12)14/h2-3,6,10,15-16H,4-5,7-8H2,1H3. The summed E-state index contributed by atoms with van der Waals surface area (Å²) in [5.74, 6) is 0.468. The highest BCUT2D eigenvalue weighted by Gasteiger charge is 2.08. The van der Waals surface area contributed by atoms with Crippen molar-refractivity contribution in [3.8, 4) is 5.75 Å². The number of sulfone groups is 1. The molecule has 1 rings (SSSR count). The highest BCUT2D eigenvalue weighted by molar-refractivity contribution is 7.90. The van der Waals surface area contributed by atoms with Crippen LogP contribution in [-0.2, 0) is 9.84 Å². The lowest BCUT2D eigenvalue weighted by Crippen LogP contribution is -2.34. The average molecular weight is 342 g/mol. The first-order chi connectivity index (χ1) is 9.28. The number of nitrogens with one attached hydrogen (secondary N) is 1. The molecule has 0 saturated heterocycles. The first-order valence-electron chi connectivity index (χ1n) is 5.92. The maximum absolute atomic E-state index is 10.9. The summed E-state index contributed by atoms with van der Waals surface area (Å²) in [7, 11) is -2.99. The molecule has 1 aromatic carbocycles. The summed E-state index contributed by atoms with van der Waals surface area (Å²) in [6.45, 7) is 0.575. The van der Waals surface area contributed by atoms with Crippen LogP contribution in [0, 0.1) is 0 Å². The van der Waals surface area contributed by atoms with Crippen LogP contribution in [0.4, 0.5) is 0 Å². The van der Waals surface area contributed by atoms with E-state index in [0.717, 1.165) is 6.26 Å². The highest BCUT2D eigenvalue weighted by atomic mass is 35.5. The van der Waals surface area contributed by atoms with Crippen molar-refractivity contribution in [1.29, 1.82) is 0 Å². The lowest BCUT2D eigenvalue weighted by atomic mass is 10.3. The van der Waals surface area contributed by atoms with Crippen molar-refractivity contribution in [3.05, 3.63) is 28.2 Å². The second-order valence-electron chi connectivity index (χ2n) is 4.37. The number of hydrogen-bond acceptors (Lipinski definition) is 5. The van der Waals surface area contributed by atoms with Crippen molar-refractivity contribution in [2.75, 3.05) is 31.7 Å². The van der Waals surface area contributed by atoms with E-state index in [9.17, 15) is 13.5 Å². The van der Waals surface area contributed by atoms with Crippen molar-refractivity contribution in [2.24, 2.45) is 0 Å². The Morgan fingerprint density at radius 1 is 1.40 bits per heavy atom. The van der Waals surface area contributed by atoms with Gasteiger partial charge in [-0.2, -0.15) is 0 Å². The third-order valence-electron chi connectivity index (χ3n) is 2.35. The van der Waals surface area contributed by atoms with E-state index in [2.05, 4.69) is 5.32 Å². The molecule has 0 heterocycles. The van der Waals surface area contributed by atoms with Gasteiger partial charge in [-0.1, -0.05) is 23.2 Å². The summed E-state index contributed by atoms with van der Waals surface area (Å²) < 4.78 is 27.2. The van der Waals surface area contributed by atoms with Crippen molar-refractivity contribution in [2.45, 2.75) is 6.10 Å². The van der Waals surface area contributed by atoms with Crippen LogP contribution in [0.2, 0.25) is 10.0 Å². The Hall–Kier alpha value is -0.530. The van der Waals surface area contributed by atoms with Crippen LogP contribution < -0.4 is 10.1 Å². The zero-order chi connectivity index (χ0) is 15.2. The van der Waals surface area contributed by atoms with Crippen LogP contribution in [0.25, 0.3) is 0 Å². The molecule has 0 aliphatic carbocycles. The first kappa shape index (κ1) is 17.5. The van der Waals surface area contributed by atoms with Crippen LogP contribution in [0.1, 0.15) is 0 Å². The third-order valence-corrected chi connectivity index (χ3v) is 3.83. The number of aliphatic hydroxyl groups is 1. The van der Waals surface area contributed by atoms with Gasteiger partial charge in [-0.3, -0.25) is 0 Å². The van der Waals surface area contributed by atoms with Crippen LogP contribution in [0.15, 0.2) is 18.2 Å². The lowest BCUT2D eigenvalue weighted by Gasteiger charge is -2.14. The van der Waals surface area contributed by atoms with Gasteiger partial charge in [0.15, 0.2) is 0 Å². The summed E-state index contributed by atoms with van der Waals surface area (Å²) in [6, 6.07) is 4.81. The van der Waals surface area contributed by atoms with Crippen LogP contribution in [0.5, 0.6) is 5.75 Å². The summed E-state index contributed by atoms with van der Waals surface area (Å²) >= 11 is 11.7. The Balaban J connectivity index is 2.27. The fourth-order valence-corrected chi connectivity index (χ4v) is 2.34. The number of aliphatic hydroxyl groups excluding tert-OH is 1. The molecule has 0 saturated carbocycles. The maximum atomic E-state index is 10.9. The topological polar surface area (TPSA) is 75.6 Å². The molecular formula is C12H17Cl2NO4S. The van der Waals surface area contributed by atoms with Gasteiger partial charge in [0.2, 0.25) is 0 Å². The van der Waals surface area contributed by atoms with Gasteiger partial charge in [0.05, 0.1) is 10.8 Å². The number of halogens is 2. The molecule has 0 aromatic heterocycles. The van der Waals surface area contributed by atoms with Gasteiger partial charge < -0.3 is 15.2 Å². The largest absolute Gasteiger partial charge is 0.489 e. The Bertz CT molecular complexity index is 536. The molecule has 0 amide bonds. The van der Waals surface area contributed by atoms with E-state index in [-0.39, 0.29) is 25.4 Å². The molecule has 0 spiro atoms. The Kier molecular flexibility index (Phi) is 7.05. The van der Waals surface area contributed by atoms with Crippen molar-refractivity contribution in [3.63, 3.8) is 0 Å². The van der Waals surface area contributed by atoms with E-state index < -0.39 is 15.9 Å². The quantitative estimate of drug-likeness (QED) is 0.698. The molecule has 0 radical (unpaired) electrons. The summed E-state index contributed by atoms with van der Waals surface area (Å²) in [6.07, 6.45) is 0.401. The Morgan fingerprint density at radius 3 is 2.70 bits per heavy atom. The molecule has 5 nitrogen and oxygen atoms in total. The summed E-state index contributed by atoms with van der Waals surface area (Å²) in [4.78, 5) is 0. The SMILES string of the molecule is CS(=O)(=O)CCNCC(O)COc1ccc(Cl)cc1Cl. The molecule has 2 N–H and O–H groups in total. The minimum absolute atomic E-state index is 0.0313. The lowest BCUT2D eigenvalue weighted by molar-refractivity contribution is 0.107. The zero-order valence-corrected chi connectivity index (χ0v) is 13.3. The molecule has 1 unspecified atom stereocenters. The second kappa shape index (κ2) is 8.05. The molecule has 114 valence electrons. The minimum Gasteiger partial charge on any atom is -0.489 e. The number of rotatable bonds is 8. The normalized spacial score (nSPS) is 13.2. The molecule has 0 fully saturated rings. The van der Waals surface area contributed by atoms with Crippen LogP contribution in [0.3, 0.4) is 0 Å². The molecule has 20 heavy (non-hydrogen) atoms. The van der Waals surface area contributed by atoms with E-state index in [1.165, 1.54) is 0 Å². The van der Waals surface area contributed by atoms with Gasteiger partial charge in [-0.25, -0.2) is 8.42 Å². The second-order valence-corrected chi connectivity index (χ2v) is 7.48. The van der Waals surface area contributed by atoms with Gasteiger partial charge >= 0.3 is 0 Å². The monoisotopic (exact) mass is 341 g/mol. The van der Waals surface area contributed by atoms with Crippen molar-refractivity contribution < 1.29 is 18.3 Å². The van der Waals surface area contributed by atoms with Gasteiger partial charge in [0, 0.05) is 24.4 Å². The van der Waals surface area contributed by atoms with Crippen molar-refractivity contribution >= 4 is 33.0 Å². The smallest absolute Gasteiger partial charge is 0.148 e. The van der Waals surface area contributed by atoms with E-state index in [0.29, 0.717) is 15.8 Å². The molecule has 0 aliphatic heterocycles. The summed E-state index contributed by atoms with van der Waals surface area (Å²) in [5, 5.41) is 13.4. The van der Waals surface area contributed by atoms with Crippen LogP contribution >= 0.6 is 23.2 Å². The van der Waals surface area contributed by atoms with Gasteiger partial charge in [0.1, 0.15) is 28.3 Å². The minimum atomic E-state index is -2.99. The molecule has 1 aromatic rings. The maximum Gasteiger partial charge on any atom is 0.148 e. The predicted octanol–water partition coefficient (Wildman–Crippen LogP) is 1.37. The molecular weight excluding hydrogens is 325 g/mol. The summed E-state index contributed by atoms with van der Waals surface area (Å²) in [5.41, 5.74) is 0.